The average Bonchev–Trinajstić information content (AvgIpc) is 2.97. The first kappa shape index (κ1) is 16.1. The standard InChI is InChI=1S/C18H17FN4OS/c1-10-7-17-20-9-14(11(2)23(17)22-10)18(24)21-15-5-6-25-16-4-3-12(19)8-13(15)16/h3-4,7-9,15H,5-6H2,1-2H3,(H,21,24). The highest BCUT2D eigenvalue weighted by atomic mass is 32.2. The molecule has 0 aliphatic carbocycles. The number of halogens is 1. The van der Waals surface area contributed by atoms with Crippen molar-refractivity contribution in [2.75, 3.05) is 5.75 Å². The summed E-state index contributed by atoms with van der Waals surface area (Å²) in [5.74, 6) is 0.386. The van der Waals surface area contributed by atoms with Gasteiger partial charge in [-0.2, -0.15) is 5.10 Å². The molecule has 0 saturated carbocycles. The molecule has 25 heavy (non-hydrogen) atoms. The summed E-state index contributed by atoms with van der Waals surface area (Å²) in [4.78, 5) is 18.1. The van der Waals surface area contributed by atoms with Gasteiger partial charge in [0.1, 0.15) is 5.82 Å². The van der Waals surface area contributed by atoms with E-state index in [1.165, 1.54) is 12.1 Å². The third kappa shape index (κ3) is 2.89. The molecule has 4 rings (SSSR count). The fraction of sp³-hybridized carbons (Fsp3) is 0.278. The van der Waals surface area contributed by atoms with Gasteiger partial charge in [-0.1, -0.05) is 0 Å². The van der Waals surface area contributed by atoms with Gasteiger partial charge in [-0.15, -0.1) is 11.8 Å². The van der Waals surface area contributed by atoms with Crippen molar-refractivity contribution in [3.8, 4) is 0 Å². The zero-order valence-corrected chi connectivity index (χ0v) is 14.7. The Kier molecular flexibility index (Phi) is 3.95. The fourth-order valence-electron chi connectivity index (χ4n) is 3.14. The van der Waals surface area contributed by atoms with Crippen LogP contribution in [0, 0.1) is 19.7 Å². The number of fused-ring (bicyclic) bond motifs is 2. The lowest BCUT2D eigenvalue weighted by atomic mass is 10.0. The van der Waals surface area contributed by atoms with Crippen molar-refractivity contribution in [1.29, 1.82) is 0 Å². The van der Waals surface area contributed by atoms with Crippen LogP contribution in [-0.4, -0.2) is 26.3 Å². The molecular formula is C18H17FN4OS. The second-order valence-corrected chi connectivity index (χ2v) is 7.30. The smallest absolute Gasteiger partial charge is 0.255 e. The van der Waals surface area contributed by atoms with Crippen LogP contribution >= 0.6 is 11.8 Å². The maximum atomic E-state index is 13.6. The summed E-state index contributed by atoms with van der Waals surface area (Å²) in [7, 11) is 0. The van der Waals surface area contributed by atoms with E-state index in [-0.39, 0.29) is 17.8 Å². The Morgan fingerprint density at radius 2 is 2.20 bits per heavy atom. The molecule has 1 unspecified atom stereocenters. The molecule has 5 nitrogen and oxygen atoms in total. The van der Waals surface area contributed by atoms with Gasteiger partial charge in [-0.3, -0.25) is 4.79 Å². The van der Waals surface area contributed by atoms with Crippen LogP contribution in [0.3, 0.4) is 0 Å². The fourth-order valence-corrected chi connectivity index (χ4v) is 4.24. The average molecular weight is 356 g/mol. The minimum absolute atomic E-state index is 0.200. The van der Waals surface area contributed by atoms with E-state index in [0.717, 1.165) is 34.0 Å². The van der Waals surface area contributed by atoms with Gasteiger partial charge in [-0.05, 0) is 44.0 Å². The number of benzene rings is 1. The predicted octanol–water partition coefficient (Wildman–Crippen LogP) is 3.45. The molecule has 3 aromatic rings. The van der Waals surface area contributed by atoms with Crippen molar-refractivity contribution in [3.63, 3.8) is 0 Å². The zero-order valence-electron chi connectivity index (χ0n) is 13.9. The van der Waals surface area contributed by atoms with E-state index in [1.54, 1.807) is 28.5 Å². The van der Waals surface area contributed by atoms with E-state index in [1.807, 2.05) is 19.9 Å². The number of carbonyl (C=O) groups excluding carboxylic acids is 1. The minimum Gasteiger partial charge on any atom is -0.345 e. The van der Waals surface area contributed by atoms with Gasteiger partial charge in [0.15, 0.2) is 5.65 Å². The molecule has 0 radical (unpaired) electrons. The lowest BCUT2D eigenvalue weighted by Gasteiger charge is -2.26. The summed E-state index contributed by atoms with van der Waals surface area (Å²) in [6.45, 7) is 3.74. The van der Waals surface area contributed by atoms with Crippen molar-refractivity contribution in [3.05, 3.63) is 58.8 Å². The number of rotatable bonds is 2. The highest BCUT2D eigenvalue weighted by Gasteiger charge is 2.24. The predicted molar refractivity (Wildman–Crippen MR) is 94.4 cm³/mol. The zero-order chi connectivity index (χ0) is 17.6. The summed E-state index contributed by atoms with van der Waals surface area (Å²) in [5.41, 5.74) is 3.62. The van der Waals surface area contributed by atoms with Crippen LogP contribution in [0.5, 0.6) is 0 Å². The van der Waals surface area contributed by atoms with Crippen LogP contribution in [0.25, 0.3) is 5.65 Å². The topological polar surface area (TPSA) is 59.3 Å². The second-order valence-electron chi connectivity index (χ2n) is 6.16. The summed E-state index contributed by atoms with van der Waals surface area (Å²) < 4.78 is 15.3. The molecule has 1 aliphatic rings. The molecule has 1 atom stereocenters. The Hall–Kier alpha value is -2.41. The molecule has 0 saturated heterocycles. The minimum atomic E-state index is -0.285. The second kappa shape index (κ2) is 6.15. The highest BCUT2D eigenvalue weighted by molar-refractivity contribution is 7.99. The first-order chi connectivity index (χ1) is 12.0. The Bertz CT molecular complexity index is 985. The number of hydrogen-bond acceptors (Lipinski definition) is 4. The van der Waals surface area contributed by atoms with Crippen molar-refractivity contribution in [1.82, 2.24) is 19.9 Å². The van der Waals surface area contributed by atoms with Crippen molar-refractivity contribution >= 4 is 23.3 Å². The van der Waals surface area contributed by atoms with Crippen molar-refractivity contribution in [2.45, 2.75) is 31.2 Å². The summed E-state index contributed by atoms with van der Waals surface area (Å²) in [6, 6.07) is 6.41. The van der Waals surface area contributed by atoms with E-state index < -0.39 is 0 Å². The van der Waals surface area contributed by atoms with Gasteiger partial charge in [0.05, 0.1) is 23.0 Å². The van der Waals surface area contributed by atoms with E-state index >= 15 is 0 Å². The lowest BCUT2D eigenvalue weighted by molar-refractivity contribution is 0.0933. The number of amides is 1. The Balaban J connectivity index is 1.65. The molecule has 3 heterocycles. The molecule has 7 heteroatoms. The first-order valence-electron chi connectivity index (χ1n) is 8.08. The molecule has 1 aromatic carbocycles. The van der Waals surface area contributed by atoms with Gasteiger partial charge >= 0.3 is 0 Å². The number of hydrogen-bond donors (Lipinski definition) is 1. The molecular weight excluding hydrogens is 339 g/mol. The molecule has 1 aliphatic heterocycles. The number of aryl methyl sites for hydroxylation is 2. The molecule has 1 N–H and O–H groups in total. The normalized spacial score (nSPS) is 16.7. The maximum absolute atomic E-state index is 13.6. The van der Waals surface area contributed by atoms with E-state index in [9.17, 15) is 9.18 Å². The van der Waals surface area contributed by atoms with E-state index in [2.05, 4.69) is 15.4 Å². The van der Waals surface area contributed by atoms with Gasteiger partial charge in [0, 0.05) is 22.9 Å². The Morgan fingerprint density at radius 3 is 3.04 bits per heavy atom. The number of nitrogens with zero attached hydrogens (tertiary/aromatic N) is 3. The first-order valence-corrected chi connectivity index (χ1v) is 9.06. The molecule has 2 aromatic heterocycles. The largest absolute Gasteiger partial charge is 0.345 e. The molecule has 128 valence electrons. The monoisotopic (exact) mass is 356 g/mol. The highest BCUT2D eigenvalue weighted by Crippen LogP contribution is 2.36. The number of nitrogens with one attached hydrogen (secondary N) is 1. The SMILES string of the molecule is Cc1cc2ncc(C(=O)NC3CCSc4ccc(F)cc43)c(C)n2n1. The van der Waals surface area contributed by atoms with Gasteiger partial charge in [-0.25, -0.2) is 13.9 Å². The van der Waals surface area contributed by atoms with Crippen LogP contribution in [0.1, 0.15) is 39.8 Å². The molecule has 0 spiro atoms. The Morgan fingerprint density at radius 1 is 1.36 bits per heavy atom. The van der Waals surface area contributed by atoms with Crippen LogP contribution in [0.15, 0.2) is 35.4 Å². The molecule has 0 bridgehead atoms. The third-order valence-corrected chi connectivity index (χ3v) is 5.53. The summed E-state index contributed by atoms with van der Waals surface area (Å²) in [5, 5.41) is 7.40. The van der Waals surface area contributed by atoms with Crippen molar-refractivity contribution < 1.29 is 9.18 Å². The third-order valence-electron chi connectivity index (χ3n) is 4.41. The van der Waals surface area contributed by atoms with Gasteiger partial charge < -0.3 is 5.32 Å². The summed E-state index contributed by atoms with van der Waals surface area (Å²) >= 11 is 1.69. The number of thioether (sulfide) groups is 1. The van der Waals surface area contributed by atoms with Crippen molar-refractivity contribution in [2.24, 2.45) is 0 Å². The number of aromatic nitrogens is 3. The Labute approximate surface area is 148 Å². The van der Waals surface area contributed by atoms with Gasteiger partial charge in [0.2, 0.25) is 0 Å². The molecule has 1 amide bonds. The van der Waals surface area contributed by atoms with Crippen LogP contribution in [0.2, 0.25) is 0 Å². The lowest BCUT2D eigenvalue weighted by Crippen LogP contribution is -2.31. The van der Waals surface area contributed by atoms with E-state index in [4.69, 9.17) is 0 Å². The summed E-state index contributed by atoms with van der Waals surface area (Å²) in [6.07, 6.45) is 2.34. The van der Waals surface area contributed by atoms with Crippen LogP contribution in [-0.2, 0) is 0 Å². The maximum Gasteiger partial charge on any atom is 0.255 e. The number of carbonyl (C=O) groups is 1. The van der Waals surface area contributed by atoms with E-state index in [0.29, 0.717) is 11.2 Å². The quantitative estimate of drug-likeness (QED) is 0.764. The molecule has 0 fully saturated rings. The van der Waals surface area contributed by atoms with Crippen LogP contribution in [0.4, 0.5) is 4.39 Å². The van der Waals surface area contributed by atoms with Gasteiger partial charge in [0.25, 0.3) is 5.91 Å². The van der Waals surface area contributed by atoms with Crippen LogP contribution < -0.4 is 5.32 Å².